The number of anilines is 3. The first-order valence-corrected chi connectivity index (χ1v) is 11.2. The van der Waals surface area contributed by atoms with Gasteiger partial charge in [-0.05, 0) is 48.0 Å². The van der Waals surface area contributed by atoms with Crippen LogP contribution < -0.4 is 16.0 Å². The van der Waals surface area contributed by atoms with Crippen molar-refractivity contribution in [2.75, 3.05) is 36.5 Å². The Kier molecular flexibility index (Phi) is 5.97. The monoisotopic (exact) mass is 454 g/mol. The van der Waals surface area contributed by atoms with Crippen LogP contribution in [-0.2, 0) is 16.6 Å². The van der Waals surface area contributed by atoms with Crippen LogP contribution in [0.2, 0.25) is 0 Å². The molecule has 1 fully saturated rings. The number of hydrogen-bond acceptors (Lipinski definition) is 6. The molecular formula is C26H26N6O2. The van der Waals surface area contributed by atoms with Crippen LogP contribution in [0.1, 0.15) is 5.56 Å². The predicted octanol–water partition coefficient (Wildman–Crippen LogP) is 3.71. The molecule has 5 rings (SSSR count). The van der Waals surface area contributed by atoms with Gasteiger partial charge in [-0.3, -0.25) is 4.79 Å². The molecule has 3 heterocycles. The minimum absolute atomic E-state index is 0.468. The summed E-state index contributed by atoms with van der Waals surface area (Å²) >= 11 is 0. The van der Waals surface area contributed by atoms with E-state index in [2.05, 4.69) is 33.5 Å². The molecule has 2 aromatic heterocycles. The summed E-state index contributed by atoms with van der Waals surface area (Å²) in [5, 5.41) is 4.38. The molecule has 1 saturated heterocycles. The van der Waals surface area contributed by atoms with Gasteiger partial charge in [0.15, 0.2) is 0 Å². The number of aryl methyl sites for hydroxylation is 1. The van der Waals surface area contributed by atoms with Crippen molar-refractivity contribution in [2.45, 2.75) is 0 Å². The fraction of sp³-hybridized carbons (Fsp3) is 0.192. The maximum absolute atomic E-state index is 11.0. The van der Waals surface area contributed by atoms with Gasteiger partial charge in [-0.1, -0.05) is 12.1 Å². The van der Waals surface area contributed by atoms with Gasteiger partial charge in [-0.25, -0.2) is 9.97 Å². The second-order valence-corrected chi connectivity index (χ2v) is 8.20. The molecule has 8 heteroatoms. The maximum Gasteiger partial charge on any atom is 0.241 e. The number of fused-ring (bicyclic) bond motifs is 1. The van der Waals surface area contributed by atoms with Gasteiger partial charge < -0.3 is 25.3 Å². The Bertz CT molecular complexity index is 1350. The lowest BCUT2D eigenvalue weighted by Gasteiger charge is -2.28. The Hall–Kier alpha value is -4.17. The van der Waals surface area contributed by atoms with E-state index in [0.29, 0.717) is 5.95 Å². The molecule has 1 amide bonds. The van der Waals surface area contributed by atoms with Crippen molar-refractivity contribution >= 4 is 40.2 Å². The maximum atomic E-state index is 11.0. The normalized spacial score (nSPS) is 14.1. The van der Waals surface area contributed by atoms with Crippen molar-refractivity contribution in [2.24, 2.45) is 12.8 Å². The molecule has 172 valence electrons. The third-order valence-electron chi connectivity index (χ3n) is 5.89. The quantitative estimate of drug-likeness (QED) is 0.431. The Labute approximate surface area is 197 Å². The highest BCUT2D eigenvalue weighted by atomic mass is 16.5. The van der Waals surface area contributed by atoms with E-state index in [0.717, 1.165) is 59.7 Å². The van der Waals surface area contributed by atoms with Gasteiger partial charge >= 0.3 is 0 Å². The van der Waals surface area contributed by atoms with E-state index in [4.69, 9.17) is 15.5 Å². The van der Waals surface area contributed by atoms with E-state index in [1.54, 1.807) is 12.3 Å². The number of rotatable bonds is 6. The summed E-state index contributed by atoms with van der Waals surface area (Å²) in [5.74, 6) is 0.0686. The van der Waals surface area contributed by atoms with Crippen LogP contribution in [0.15, 0.2) is 67.0 Å². The fourth-order valence-corrected chi connectivity index (χ4v) is 4.16. The summed E-state index contributed by atoms with van der Waals surface area (Å²) in [7, 11) is 1.99. The zero-order valence-electron chi connectivity index (χ0n) is 18.9. The van der Waals surface area contributed by atoms with Gasteiger partial charge in [0.25, 0.3) is 0 Å². The first-order valence-electron chi connectivity index (χ1n) is 11.2. The molecule has 8 nitrogen and oxygen atoms in total. The summed E-state index contributed by atoms with van der Waals surface area (Å²) in [6.45, 7) is 3.35. The summed E-state index contributed by atoms with van der Waals surface area (Å²) in [5.41, 5.74) is 11.1. The number of amides is 1. The highest BCUT2D eigenvalue weighted by Gasteiger charge is 2.13. The first-order chi connectivity index (χ1) is 16.6. The van der Waals surface area contributed by atoms with Crippen molar-refractivity contribution in [1.82, 2.24) is 14.5 Å². The van der Waals surface area contributed by atoms with E-state index in [-0.39, 0.29) is 0 Å². The fourth-order valence-electron chi connectivity index (χ4n) is 4.16. The number of primary amides is 1. The summed E-state index contributed by atoms with van der Waals surface area (Å²) in [6, 6.07) is 16.2. The first kappa shape index (κ1) is 21.7. The van der Waals surface area contributed by atoms with Crippen LogP contribution in [-0.4, -0.2) is 46.7 Å². The number of ether oxygens (including phenoxy) is 1. The number of benzene rings is 2. The molecule has 3 N–H and O–H groups in total. The molecule has 1 aliphatic rings. The molecule has 4 aromatic rings. The number of morpholine rings is 1. The minimum Gasteiger partial charge on any atom is -0.378 e. The molecule has 0 unspecified atom stereocenters. The van der Waals surface area contributed by atoms with Crippen molar-refractivity contribution < 1.29 is 9.53 Å². The molecule has 0 bridgehead atoms. The molecule has 0 aliphatic carbocycles. The van der Waals surface area contributed by atoms with Crippen LogP contribution in [0.4, 0.5) is 17.3 Å². The largest absolute Gasteiger partial charge is 0.378 e. The van der Waals surface area contributed by atoms with Gasteiger partial charge in [-0.15, -0.1) is 0 Å². The van der Waals surface area contributed by atoms with Crippen molar-refractivity contribution in [3.8, 4) is 11.3 Å². The van der Waals surface area contributed by atoms with E-state index < -0.39 is 5.91 Å². The zero-order valence-corrected chi connectivity index (χ0v) is 18.9. The standard InChI is InChI=1S/C26H26N6O2/c1-31-17-22(21-8-2-18(16-24(21)31)3-9-25(27)33)23-10-11-28-26(30-23)29-19-4-6-20(7-5-19)32-12-14-34-15-13-32/h2-11,16-17H,12-15H2,1H3,(H2,27,33)(H,28,29,30). The van der Waals surface area contributed by atoms with Crippen molar-refractivity contribution in [3.05, 3.63) is 72.6 Å². The number of hydrogen-bond donors (Lipinski definition) is 2. The third kappa shape index (κ3) is 4.62. The van der Waals surface area contributed by atoms with Gasteiger partial charge in [0.2, 0.25) is 11.9 Å². The molecular weight excluding hydrogens is 428 g/mol. The summed E-state index contributed by atoms with van der Waals surface area (Å²) in [6.07, 6.45) is 6.89. The van der Waals surface area contributed by atoms with Crippen molar-refractivity contribution in [3.63, 3.8) is 0 Å². The minimum atomic E-state index is -0.468. The number of nitrogens with zero attached hydrogens (tertiary/aromatic N) is 4. The molecule has 0 spiro atoms. The number of nitrogens with two attached hydrogens (primary N) is 1. The van der Waals surface area contributed by atoms with Crippen LogP contribution in [0, 0.1) is 0 Å². The Morgan fingerprint density at radius 2 is 1.91 bits per heavy atom. The predicted molar refractivity (Wildman–Crippen MR) is 135 cm³/mol. The van der Waals surface area contributed by atoms with E-state index in [9.17, 15) is 4.79 Å². The molecule has 1 aliphatic heterocycles. The SMILES string of the molecule is Cn1cc(-c2ccnc(Nc3ccc(N4CCOCC4)cc3)n2)c2ccc(C=CC(N)=O)cc21. The van der Waals surface area contributed by atoms with E-state index in [1.165, 1.54) is 11.8 Å². The third-order valence-corrected chi connectivity index (χ3v) is 5.89. The molecule has 0 saturated carbocycles. The molecule has 2 aromatic carbocycles. The smallest absolute Gasteiger partial charge is 0.241 e. The second kappa shape index (κ2) is 9.36. The number of carbonyl (C=O) groups is 1. The summed E-state index contributed by atoms with van der Waals surface area (Å²) in [4.78, 5) is 22.5. The lowest BCUT2D eigenvalue weighted by atomic mass is 10.1. The van der Waals surface area contributed by atoms with Crippen LogP contribution in [0.25, 0.3) is 28.2 Å². The van der Waals surface area contributed by atoms with E-state index in [1.807, 2.05) is 48.0 Å². The Balaban J connectivity index is 1.38. The highest BCUT2D eigenvalue weighted by Crippen LogP contribution is 2.31. The van der Waals surface area contributed by atoms with Gasteiger partial charge in [0, 0.05) is 66.4 Å². The van der Waals surface area contributed by atoms with Crippen molar-refractivity contribution in [1.29, 1.82) is 0 Å². The molecule has 0 atom stereocenters. The highest BCUT2D eigenvalue weighted by molar-refractivity contribution is 5.97. The number of aromatic nitrogens is 3. The summed E-state index contributed by atoms with van der Waals surface area (Å²) < 4.78 is 7.48. The van der Waals surface area contributed by atoms with Crippen LogP contribution in [0.5, 0.6) is 0 Å². The second-order valence-electron chi connectivity index (χ2n) is 8.20. The number of nitrogens with one attached hydrogen (secondary N) is 1. The van der Waals surface area contributed by atoms with Gasteiger partial charge in [-0.2, -0.15) is 0 Å². The van der Waals surface area contributed by atoms with E-state index >= 15 is 0 Å². The average molecular weight is 455 g/mol. The lowest BCUT2D eigenvalue weighted by Crippen LogP contribution is -2.36. The Morgan fingerprint density at radius 1 is 1.12 bits per heavy atom. The lowest BCUT2D eigenvalue weighted by molar-refractivity contribution is -0.113. The van der Waals surface area contributed by atoms with Crippen LogP contribution in [0.3, 0.4) is 0 Å². The average Bonchev–Trinajstić information content (AvgIpc) is 3.20. The topological polar surface area (TPSA) is 98.3 Å². The Morgan fingerprint density at radius 3 is 2.68 bits per heavy atom. The van der Waals surface area contributed by atoms with Gasteiger partial charge in [0.05, 0.1) is 18.9 Å². The number of carbonyl (C=O) groups excluding carboxylic acids is 1. The zero-order chi connectivity index (χ0) is 23.5. The molecule has 34 heavy (non-hydrogen) atoms. The van der Waals surface area contributed by atoms with Crippen LogP contribution >= 0.6 is 0 Å². The van der Waals surface area contributed by atoms with Gasteiger partial charge in [0.1, 0.15) is 0 Å². The molecule has 0 radical (unpaired) electrons.